The van der Waals surface area contributed by atoms with Crippen LogP contribution in [0.3, 0.4) is 0 Å². The number of hydrogen-bond acceptors (Lipinski definition) is 2. The van der Waals surface area contributed by atoms with E-state index in [0.29, 0.717) is 11.1 Å². The van der Waals surface area contributed by atoms with E-state index in [1.165, 1.54) is 0 Å². The van der Waals surface area contributed by atoms with E-state index in [1.807, 2.05) is 12.1 Å². The third-order valence-electron chi connectivity index (χ3n) is 1.17. The molecule has 0 bridgehead atoms. The molecule has 0 fully saturated rings. The number of halogens is 1. The average molecular weight is 233 g/mol. The Balaban J connectivity index is 0.000000561. The molecule has 0 aliphatic heterocycles. The summed E-state index contributed by atoms with van der Waals surface area (Å²) in [6.07, 6.45) is 0. The van der Waals surface area contributed by atoms with Gasteiger partial charge in [-0.2, -0.15) is 10.5 Å². The van der Waals surface area contributed by atoms with E-state index in [0.717, 1.165) is 17.6 Å². The predicted octanol–water partition coefficient (Wildman–Crippen LogP) is 1.74. The second-order valence-electron chi connectivity index (χ2n) is 1.77. The van der Waals surface area contributed by atoms with Crippen LogP contribution >= 0.6 is 9.64 Å². The molecule has 0 aliphatic rings. The summed E-state index contributed by atoms with van der Waals surface area (Å²) in [5.41, 5.74) is 0.870. The molecule has 0 saturated heterocycles. The van der Waals surface area contributed by atoms with Gasteiger partial charge in [0.15, 0.2) is 0 Å². The van der Waals surface area contributed by atoms with Gasteiger partial charge >= 0.3 is 27.2 Å². The molecule has 1 rings (SSSR count). The van der Waals surface area contributed by atoms with E-state index < -0.39 is 0 Å². The van der Waals surface area contributed by atoms with Crippen molar-refractivity contribution in [3.05, 3.63) is 35.4 Å². The summed E-state index contributed by atoms with van der Waals surface area (Å²) < 4.78 is 0. The normalized spacial score (nSPS) is 6.92. The Morgan fingerprint density at radius 3 is 1.58 bits per heavy atom. The van der Waals surface area contributed by atoms with Crippen molar-refractivity contribution in [1.82, 2.24) is 0 Å². The van der Waals surface area contributed by atoms with Crippen LogP contribution in [0.25, 0.3) is 0 Å². The monoisotopic (exact) mass is 232 g/mol. The molecule has 0 heterocycles. The first kappa shape index (κ1) is 11.1. The number of nitriles is 2. The first-order valence-electron chi connectivity index (χ1n) is 2.99. The quantitative estimate of drug-likeness (QED) is 0.641. The number of hydrogen-bond donors (Lipinski definition) is 0. The molecule has 1 aromatic carbocycles. The van der Waals surface area contributed by atoms with E-state index in [2.05, 4.69) is 0 Å². The Morgan fingerprint density at radius 1 is 1.00 bits per heavy atom. The van der Waals surface area contributed by atoms with Crippen LogP contribution in [0, 0.1) is 22.7 Å². The number of nitrogens with zero attached hydrogens (tertiary/aromatic N) is 2. The fourth-order valence-electron chi connectivity index (χ4n) is 0.678. The topological polar surface area (TPSA) is 47.6 Å². The Labute approximate surface area is 85.3 Å². The second-order valence-corrected chi connectivity index (χ2v) is 1.77. The molecule has 1 aromatic rings. The van der Waals surface area contributed by atoms with Gasteiger partial charge in [-0.25, -0.2) is 0 Å². The summed E-state index contributed by atoms with van der Waals surface area (Å²) >= 11 is 1.16. The van der Waals surface area contributed by atoms with E-state index >= 15 is 0 Å². The Hall–Kier alpha value is -0.874. The number of rotatable bonds is 0. The van der Waals surface area contributed by atoms with Gasteiger partial charge in [0, 0.05) is 0 Å². The summed E-state index contributed by atoms with van der Waals surface area (Å²) in [4.78, 5) is 0. The molecule has 4 heteroatoms. The summed E-state index contributed by atoms with van der Waals surface area (Å²) in [6, 6.07) is 10.6. The third kappa shape index (κ3) is 3.02. The average Bonchev–Trinajstić information content (AvgIpc) is 2.20. The van der Waals surface area contributed by atoms with Gasteiger partial charge in [0.1, 0.15) is 12.1 Å². The van der Waals surface area contributed by atoms with E-state index in [4.69, 9.17) is 20.2 Å². The van der Waals surface area contributed by atoms with Crippen LogP contribution < -0.4 is 0 Å². The van der Waals surface area contributed by atoms with Gasteiger partial charge in [0.2, 0.25) is 0 Å². The zero-order chi connectivity index (χ0) is 9.40. The van der Waals surface area contributed by atoms with Crippen molar-refractivity contribution in [3.63, 3.8) is 0 Å². The van der Waals surface area contributed by atoms with Crippen LogP contribution in [-0.4, -0.2) is 17.6 Å². The van der Waals surface area contributed by atoms with Gasteiger partial charge < -0.3 is 0 Å². The van der Waals surface area contributed by atoms with Gasteiger partial charge in [-0.3, -0.25) is 0 Å². The maximum atomic E-state index is 8.45. The fraction of sp³-hybridized carbons (Fsp3) is 0. The summed E-state index contributed by atoms with van der Waals surface area (Å²) in [6.45, 7) is 0. The molecule has 0 spiro atoms. The molecule has 0 amide bonds. The minimum atomic E-state index is 0.435. The van der Waals surface area contributed by atoms with Gasteiger partial charge in [-0.15, -0.1) is 0 Å². The Bertz CT molecular complexity index is 292. The van der Waals surface area contributed by atoms with E-state index in [-0.39, 0.29) is 0 Å². The SMILES string of the molecule is N#Cc1ccccc1C#N.[Cl][Ga]. The summed E-state index contributed by atoms with van der Waals surface area (Å²) in [5, 5.41) is 16.9. The maximum absolute atomic E-state index is 8.45. The molecule has 0 unspecified atom stereocenters. The molecule has 2 radical (unpaired) electrons. The van der Waals surface area contributed by atoms with Crippen LogP contribution in [0.4, 0.5) is 0 Å². The minimum absolute atomic E-state index is 0.435. The van der Waals surface area contributed by atoms with Crippen molar-refractivity contribution in [2.75, 3.05) is 0 Å². The van der Waals surface area contributed by atoms with Crippen LogP contribution in [0.5, 0.6) is 0 Å². The van der Waals surface area contributed by atoms with E-state index in [9.17, 15) is 0 Å². The number of benzene rings is 1. The van der Waals surface area contributed by atoms with Crippen LogP contribution in [0.1, 0.15) is 11.1 Å². The standard InChI is InChI=1S/C8H4N2.ClH.Ga/c9-5-7-3-1-2-4-8(7)6-10;;/h1-4H;1H;/q;;+1/p-1. The molecule has 2 nitrogen and oxygen atoms in total. The van der Waals surface area contributed by atoms with Gasteiger partial charge in [0.25, 0.3) is 0 Å². The molecule has 0 saturated carbocycles. The molecular formula is C8H4ClGaN2. The van der Waals surface area contributed by atoms with Crippen molar-refractivity contribution in [2.24, 2.45) is 0 Å². The van der Waals surface area contributed by atoms with Gasteiger partial charge in [0.05, 0.1) is 11.1 Å². The third-order valence-corrected chi connectivity index (χ3v) is 1.17. The molecule has 56 valence electrons. The molecule has 0 aliphatic carbocycles. The fourth-order valence-corrected chi connectivity index (χ4v) is 0.678. The van der Waals surface area contributed by atoms with Gasteiger partial charge in [-0.1, -0.05) is 12.1 Å². The van der Waals surface area contributed by atoms with Gasteiger partial charge in [-0.05, 0) is 12.1 Å². The Kier molecular flexibility index (Phi) is 6.32. The summed E-state index contributed by atoms with van der Waals surface area (Å²) in [7, 11) is 4.70. The van der Waals surface area contributed by atoms with Crippen molar-refractivity contribution >= 4 is 27.2 Å². The second kappa shape index (κ2) is 6.81. The van der Waals surface area contributed by atoms with Crippen molar-refractivity contribution < 1.29 is 0 Å². The van der Waals surface area contributed by atoms with E-state index in [1.54, 1.807) is 24.3 Å². The molecule has 0 atom stereocenters. The van der Waals surface area contributed by atoms with Crippen LogP contribution in [0.2, 0.25) is 0 Å². The molecule has 0 N–H and O–H groups in total. The first-order chi connectivity index (χ1) is 5.88. The Morgan fingerprint density at radius 2 is 1.33 bits per heavy atom. The van der Waals surface area contributed by atoms with Crippen molar-refractivity contribution in [1.29, 1.82) is 10.5 Å². The zero-order valence-electron chi connectivity index (χ0n) is 6.16. The summed E-state index contributed by atoms with van der Waals surface area (Å²) in [5.74, 6) is 0. The van der Waals surface area contributed by atoms with Crippen molar-refractivity contribution in [2.45, 2.75) is 0 Å². The molecule has 12 heavy (non-hydrogen) atoms. The van der Waals surface area contributed by atoms with Crippen LogP contribution in [0.15, 0.2) is 24.3 Å². The van der Waals surface area contributed by atoms with Crippen LogP contribution in [-0.2, 0) is 0 Å². The zero-order valence-corrected chi connectivity index (χ0v) is 9.34. The molecular weight excluding hydrogens is 229 g/mol. The first-order valence-corrected chi connectivity index (χ1v) is 6.18. The van der Waals surface area contributed by atoms with Crippen molar-refractivity contribution in [3.8, 4) is 12.1 Å². The predicted molar refractivity (Wildman–Crippen MR) is 47.5 cm³/mol. The molecule has 0 aromatic heterocycles.